The monoisotopic (exact) mass is 299 g/mol. The summed E-state index contributed by atoms with van der Waals surface area (Å²) in [5.41, 5.74) is 1.02. The number of morpholine rings is 1. The van der Waals surface area contributed by atoms with Crippen LogP contribution in [0.1, 0.15) is 18.4 Å². The molecule has 0 saturated carbocycles. The van der Waals surface area contributed by atoms with Crippen molar-refractivity contribution in [3.05, 3.63) is 17.6 Å². The molecule has 2 rings (SSSR count). The van der Waals surface area contributed by atoms with Crippen molar-refractivity contribution in [2.45, 2.75) is 33.0 Å². The Morgan fingerprint density at radius 2 is 2.18 bits per heavy atom. The molecule has 0 amide bonds. The highest BCUT2D eigenvalue weighted by Crippen LogP contribution is 2.19. The summed E-state index contributed by atoms with van der Waals surface area (Å²) in [5.74, 6) is 1.84. The first-order valence-electron chi connectivity index (χ1n) is 5.87. The Bertz CT molecular complexity index is 379. The molecule has 1 saturated heterocycles. The highest BCUT2D eigenvalue weighted by molar-refractivity contribution is 9.09. The molecular weight excluding hydrogens is 282 g/mol. The lowest BCUT2D eigenvalue weighted by Crippen LogP contribution is -2.47. The zero-order valence-corrected chi connectivity index (χ0v) is 12.1. The lowest BCUT2D eigenvalue weighted by molar-refractivity contribution is -0.00225. The number of halogens is 1. The molecule has 1 fully saturated rings. The van der Waals surface area contributed by atoms with Crippen LogP contribution in [0.15, 0.2) is 6.07 Å². The van der Waals surface area contributed by atoms with Crippen LogP contribution < -0.4 is 4.90 Å². The van der Waals surface area contributed by atoms with E-state index in [0.717, 1.165) is 35.8 Å². The van der Waals surface area contributed by atoms with E-state index < -0.39 is 0 Å². The number of anilines is 1. The molecule has 0 spiro atoms. The molecule has 1 aliphatic heterocycles. The van der Waals surface area contributed by atoms with E-state index in [1.807, 2.05) is 19.9 Å². The van der Waals surface area contributed by atoms with Crippen molar-refractivity contribution in [3.63, 3.8) is 0 Å². The van der Waals surface area contributed by atoms with Gasteiger partial charge in [0.05, 0.1) is 12.2 Å². The predicted octanol–water partition coefficient (Wildman–Crippen LogP) is 2.08. The molecule has 0 aliphatic carbocycles. The summed E-state index contributed by atoms with van der Waals surface area (Å²) < 4.78 is 5.82. The highest BCUT2D eigenvalue weighted by atomic mass is 79.9. The maximum absolute atomic E-state index is 5.82. The molecule has 0 radical (unpaired) electrons. The number of nitrogens with zero attached hydrogens (tertiary/aromatic N) is 3. The van der Waals surface area contributed by atoms with Crippen molar-refractivity contribution in [2.75, 3.05) is 23.3 Å². The molecule has 17 heavy (non-hydrogen) atoms. The van der Waals surface area contributed by atoms with Crippen molar-refractivity contribution >= 4 is 21.7 Å². The summed E-state index contributed by atoms with van der Waals surface area (Å²) in [4.78, 5) is 11.1. The van der Waals surface area contributed by atoms with E-state index in [0.29, 0.717) is 0 Å². The van der Waals surface area contributed by atoms with Gasteiger partial charge in [-0.05, 0) is 20.8 Å². The number of aryl methyl sites for hydroxylation is 2. The van der Waals surface area contributed by atoms with Crippen LogP contribution in [0.2, 0.25) is 0 Å². The van der Waals surface area contributed by atoms with Gasteiger partial charge in [0.15, 0.2) is 0 Å². The normalized spacial score (nSPS) is 25.1. The molecule has 0 N–H and O–H groups in total. The quantitative estimate of drug-likeness (QED) is 0.784. The van der Waals surface area contributed by atoms with Gasteiger partial charge >= 0.3 is 0 Å². The van der Waals surface area contributed by atoms with Gasteiger partial charge < -0.3 is 9.64 Å². The SMILES string of the molecule is Cc1cc(N2CC(C)OC(CBr)C2)nc(C)n1. The van der Waals surface area contributed by atoms with Crippen LogP contribution in [0.4, 0.5) is 5.82 Å². The molecule has 1 aromatic rings. The average Bonchev–Trinajstić information content (AvgIpc) is 2.26. The second-order valence-electron chi connectivity index (χ2n) is 4.54. The Morgan fingerprint density at radius 3 is 2.82 bits per heavy atom. The van der Waals surface area contributed by atoms with Gasteiger partial charge in [0.1, 0.15) is 11.6 Å². The Hall–Kier alpha value is -0.680. The molecule has 2 unspecified atom stereocenters. The topological polar surface area (TPSA) is 38.2 Å². The van der Waals surface area contributed by atoms with Gasteiger partial charge in [-0.25, -0.2) is 9.97 Å². The molecule has 0 bridgehead atoms. The predicted molar refractivity (Wildman–Crippen MR) is 71.8 cm³/mol. The first kappa shape index (κ1) is 12.8. The maximum atomic E-state index is 5.82. The standard InChI is InChI=1S/C12H18BrN3O/c1-8-4-12(15-10(3)14-8)16-6-9(2)17-11(5-13)7-16/h4,9,11H,5-7H2,1-3H3. The fourth-order valence-corrected chi connectivity index (χ4v) is 2.53. The third-order valence-electron chi connectivity index (χ3n) is 2.77. The molecule has 1 aliphatic rings. The van der Waals surface area contributed by atoms with Crippen LogP contribution in [0.5, 0.6) is 0 Å². The minimum Gasteiger partial charge on any atom is -0.371 e. The van der Waals surface area contributed by atoms with Gasteiger partial charge in [-0.3, -0.25) is 0 Å². The number of rotatable bonds is 2. The third-order valence-corrected chi connectivity index (χ3v) is 3.50. The number of aromatic nitrogens is 2. The zero-order chi connectivity index (χ0) is 12.4. The summed E-state index contributed by atoms with van der Waals surface area (Å²) in [6, 6.07) is 2.04. The van der Waals surface area contributed by atoms with Crippen LogP contribution in [0.25, 0.3) is 0 Å². The summed E-state index contributed by atoms with van der Waals surface area (Å²) in [6.45, 7) is 7.81. The summed E-state index contributed by atoms with van der Waals surface area (Å²) in [7, 11) is 0. The number of hydrogen-bond acceptors (Lipinski definition) is 4. The van der Waals surface area contributed by atoms with E-state index in [9.17, 15) is 0 Å². The van der Waals surface area contributed by atoms with Gasteiger partial charge in [0.2, 0.25) is 0 Å². The van der Waals surface area contributed by atoms with Crippen molar-refractivity contribution in [1.29, 1.82) is 0 Å². The number of alkyl halides is 1. The van der Waals surface area contributed by atoms with E-state index in [1.165, 1.54) is 0 Å². The minimum absolute atomic E-state index is 0.231. The molecule has 0 aromatic carbocycles. The maximum Gasteiger partial charge on any atom is 0.132 e. The van der Waals surface area contributed by atoms with Crippen LogP contribution in [0, 0.1) is 13.8 Å². The molecule has 94 valence electrons. The van der Waals surface area contributed by atoms with Gasteiger partial charge in [-0.2, -0.15) is 0 Å². The number of ether oxygens (including phenoxy) is 1. The van der Waals surface area contributed by atoms with Crippen molar-refractivity contribution in [2.24, 2.45) is 0 Å². The first-order valence-corrected chi connectivity index (χ1v) is 6.99. The molecule has 2 heterocycles. The number of hydrogen-bond donors (Lipinski definition) is 0. The molecule has 2 atom stereocenters. The summed E-state index contributed by atoms with van der Waals surface area (Å²) >= 11 is 3.48. The summed E-state index contributed by atoms with van der Waals surface area (Å²) in [6.07, 6.45) is 0.469. The van der Waals surface area contributed by atoms with Gasteiger partial charge in [-0.15, -0.1) is 0 Å². The fourth-order valence-electron chi connectivity index (χ4n) is 2.18. The largest absolute Gasteiger partial charge is 0.371 e. The molecule has 1 aromatic heterocycles. The Balaban J connectivity index is 2.20. The van der Waals surface area contributed by atoms with E-state index in [2.05, 4.69) is 37.7 Å². The second-order valence-corrected chi connectivity index (χ2v) is 5.19. The van der Waals surface area contributed by atoms with E-state index in [-0.39, 0.29) is 12.2 Å². The lowest BCUT2D eigenvalue weighted by atomic mass is 10.2. The van der Waals surface area contributed by atoms with E-state index >= 15 is 0 Å². The van der Waals surface area contributed by atoms with E-state index in [4.69, 9.17) is 4.74 Å². The Labute approximate surface area is 111 Å². The third kappa shape index (κ3) is 3.16. The van der Waals surface area contributed by atoms with Crippen molar-refractivity contribution in [1.82, 2.24) is 9.97 Å². The van der Waals surface area contributed by atoms with Gasteiger partial charge in [0, 0.05) is 30.2 Å². The van der Waals surface area contributed by atoms with Crippen molar-refractivity contribution < 1.29 is 4.74 Å². The van der Waals surface area contributed by atoms with Gasteiger partial charge in [-0.1, -0.05) is 15.9 Å². The smallest absolute Gasteiger partial charge is 0.132 e. The van der Waals surface area contributed by atoms with Crippen LogP contribution >= 0.6 is 15.9 Å². The van der Waals surface area contributed by atoms with E-state index in [1.54, 1.807) is 0 Å². The zero-order valence-electron chi connectivity index (χ0n) is 10.5. The Morgan fingerprint density at radius 1 is 1.41 bits per heavy atom. The van der Waals surface area contributed by atoms with Crippen LogP contribution in [0.3, 0.4) is 0 Å². The average molecular weight is 300 g/mol. The molecule has 4 nitrogen and oxygen atoms in total. The molecular formula is C12H18BrN3O. The summed E-state index contributed by atoms with van der Waals surface area (Å²) in [5, 5.41) is 0.858. The van der Waals surface area contributed by atoms with Crippen LogP contribution in [-0.2, 0) is 4.74 Å². The highest BCUT2D eigenvalue weighted by Gasteiger charge is 2.25. The van der Waals surface area contributed by atoms with Crippen LogP contribution in [-0.4, -0.2) is 40.6 Å². The second kappa shape index (κ2) is 5.31. The fraction of sp³-hybridized carbons (Fsp3) is 0.667. The lowest BCUT2D eigenvalue weighted by Gasteiger charge is -2.37. The molecule has 5 heteroatoms. The Kier molecular flexibility index (Phi) is 3.99. The minimum atomic E-state index is 0.231. The first-order chi connectivity index (χ1) is 8.08. The van der Waals surface area contributed by atoms with Crippen molar-refractivity contribution in [3.8, 4) is 0 Å². The van der Waals surface area contributed by atoms with Gasteiger partial charge in [0.25, 0.3) is 0 Å².